The first-order valence-electron chi connectivity index (χ1n) is 7.94. The van der Waals surface area contributed by atoms with E-state index in [1.165, 1.54) is 11.1 Å². The van der Waals surface area contributed by atoms with Gasteiger partial charge in [-0.1, -0.05) is 30.3 Å². The highest BCUT2D eigenvalue weighted by Crippen LogP contribution is 2.37. The summed E-state index contributed by atoms with van der Waals surface area (Å²) in [6, 6.07) is 14.0. The second-order valence-electron chi connectivity index (χ2n) is 5.82. The van der Waals surface area contributed by atoms with E-state index in [-0.39, 0.29) is 6.04 Å². The molecule has 4 heteroatoms. The standard InChI is InChI=1S/C19H23NO3/c1-22-18-10-14-8-9-20-16(15(14)11-19(18)23-2)12-17(21)13-6-4-3-5-7-13/h3-7,10-11,16-17,20-21H,8-9,12H2,1-2H3/t16-,17-/m1/s1. The molecule has 0 fully saturated rings. The van der Waals surface area contributed by atoms with Crippen molar-refractivity contribution < 1.29 is 14.6 Å². The molecular weight excluding hydrogens is 290 g/mol. The van der Waals surface area contributed by atoms with Crippen LogP contribution in [-0.2, 0) is 6.42 Å². The van der Waals surface area contributed by atoms with E-state index in [2.05, 4.69) is 11.4 Å². The van der Waals surface area contributed by atoms with Crippen LogP contribution in [0.1, 0.15) is 35.3 Å². The van der Waals surface area contributed by atoms with Crippen molar-refractivity contribution in [1.82, 2.24) is 5.32 Å². The molecule has 4 nitrogen and oxygen atoms in total. The molecule has 2 aromatic carbocycles. The van der Waals surface area contributed by atoms with Gasteiger partial charge in [0.05, 0.1) is 20.3 Å². The number of ether oxygens (including phenoxy) is 2. The Labute approximate surface area is 137 Å². The summed E-state index contributed by atoms with van der Waals surface area (Å²) in [7, 11) is 3.30. The lowest BCUT2D eigenvalue weighted by Crippen LogP contribution is -2.31. The van der Waals surface area contributed by atoms with Crippen molar-refractivity contribution in [1.29, 1.82) is 0 Å². The molecule has 3 rings (SSSR count). The van der Waals surface area contributed by atoms with Gasteiger partial charge >= 0.3 is 0 Å². The van der Waals surface area contributed by atoms with Crippen molar-refractivity contribution >= 4 is 0 Å². The molecule has 0 aromatic heterocycles. The number of methoxy groups -OCH3 is 2. The van der Waals surface area contributed by atoms with Gasteiger partial charge in [-0.05, 0) is 48.2 Å². The Morgan fingerprint density at radius 2 is 1.83 bits per heavy atom. The van der Waals surface area contributed by atoms with Crippen LogP contribution in [-0.4, -0.2) is 25.9 Å². The number of benzene rings is 2. The van der Waals surface area contributed by atoms with Gasteiger partial charge < -0.3 is 19.9 Å². The van der Waals surface area contributed by atoms with Gasteiger partial charge in [0.2, 0.25) is 0 Å². The molecule has 0 aliphatic carbocycles. The van der Waals surface area contributed by atoms with Gasteiger partial charge in [0.15, 0.2) is 11.5 Å². The minimum atomic E-state index is -0.493. The summed E-state index contributed by atoms with van der Waals surface area (Å²) in [5.41, 5.74) is 3.39. The highest BCUT2D eigenvalue weighted by atomic mass is 16.5. The summed E-state index contributed by atoms with van der Waals surface area (Å²) >= 11 is 0. The molecule has 1 heterocycles. The zero-order valence-corrected chi connectivity index (χ0v) is 13.6. The lowest BCUT2D eigenvalue weighted by Gasteiger charge is -2.29. The Bertz CT molecular complexity index is 657. The molecule has 23 heavy (non-hydrogen) atoms. The first-order valence-corrected chi connectivity index (χ1v) is 7.94. The van der Waals surface area contributed by atoms with Gasteiger partial charge in [0.25, 0.3) is 0 Å². The molecule has 0 spiro atoms. The lowest BCUT2D eigenvalue weighted by molar-refractivity contribution is 0.150. The van der Waals surface area contributed by atoms with E-state index >= 15 is 0 Å². The summed E-state index contributed by atoms with van der Waals surface area (Å²) in [5, 5.41) is 14.0. The van der Waals surface area contributed by atoms with Crippen molar-refractivity contribution in [3.05, 3.63) is 59.2 Å². The van der Waals surface area contributed by atoms with Crippen LogP contribution in [0, 0.1) is 0 Å². The first kappa shape index (κ1) is 15.8. The molecule has 2 aromatic rings. The van der Waals surface area contributed by atoms with Crippen molar-refractivity contribution in [2.75, 3.05) is 20.8 Å². The van der Waals surface area contributed by atoms with Crippen LogP contribution in [0.4, 0.5) is 0 Å². The number of rotatable bonds is 5. The summed E-state index contributed by atoms with van der Waals surface area (Å²) in [6.07, 6.45) is 1.09. The summed E-state index contributed by atoms with van der Waals surface area (Å²) in [4.78, 5) is 0. The monoisotopic (exact) mass is 313 g/mol. The number of hydrogen-bond donors (Lipinski definition) is 2. The Morgan fingerprint density at radius 3 is 2.52 bits per heavy atom. The first-order chi connectivity index (χ1) is 11.2. The van der Waals surface area contributed by atoms with Crippen LogP contribution in [0.2, 0.25) is 0 Å². The average Bonchev–Trinajstić information content (AvgIpc) is 2.61. The van der Waals surface area contributed by atoms with Crippen LogP contribution >= 0.6 is 0 Å². The number of fused-ring (bicyclic) bond motifs is 1. The molecule has 0 saturated heterocycles. The zero-order chi connectivity index (χ0) is 16.2. The minimum Gasteiger partial charge on any atom is -0.493 e. The second kappa shape index (κ2) is 7.02. The smallest absolute Gasteiger partial charge is 0.161 e. The van der Waals surface area contributed by atoms with E-state index in [0.29, 0.717) is 6.42 Å². The molecule has 0 amide bonds. The molecule has 2 N–H and O–H groups in total. The number of aliphatic hydroxyl groups excluding tert-OH is 1. The molecule has 0 saturated carbocycles. The number of aliphatic hydroxyl groups is 1. The minimum absolute atomic E-state index is 0.105. The third-order valence-corrected chi connectivity index (χ3v) is 4.45. The fourth-order valence-electron chi connectivity index (χ4n) is 3.21. The van der Waals surface area contributed by atoms with E-state index < -0.39 is 6.10 Å². The topological polar surface area (TPSA) is 50.7 Å². The van der Waals surface area contributed by atoms with E-state index in [9.17, 15) is 5.11 Å². The van der Waals surface area contributed by atoms with E-state index in [1.54, 1.807) is 14.2 Å². The third-order valence-electron chi connectivity index (χ3n) is 4.45. The molecule has 0 radical (unpaired) electrons. The Hall–Kier alpha value is -2.04. The molecule has 2 atom stereocenters. The van der Waals surface area contributed by atoms with Crippen molar-refractivity contribution in [2.45, 2.75) is 25.0 Å². The quantitative estimate of drug-likeness (QED) is 0.891. The second-order valence-corrected chi connectivity index (χ2v) is 5.82. The van der Waals surface area contributed by atoms with Gasteiger partial charge in [-0.15, -0.1) is 0 Å². The maximum Gasteiger partial charge on any atom is 0.161 e. The molecule has 0 bridgehead atoms. The number of nitrogens with one attached hydrogen (secondary N) is 1. The fourth-order valence-corrected chi connectivity index (χ4v) is 3.21. The van der Waals surface area contributed by atoms with Crippen LogP contribution in [0.25, 0.3) is 0 Å². The van der Waals surface area contributed by atoms with Crippen LogP contribution < -0.4 is 14.8 Å². The normalized spacial score (nSPS) is 18.1. The SMILES string of the molecule is COc1cc2c(cc1OC)[C@@H](C[C@@H](O)c1ccccc1)NCC2. The predicted molar refractivity (Wildman–Crippen MR) is 90.0 cm³/mol. The van der Waals surface area contributed by atoms with Gasteiger partial charge in [-0.2, -0.15) is 0 Å². The highest BCUT2D eigenvalue weighted by Gasteiger charge is 2.25. The molecule has 1 aliphatic heterocycles. The summed E-state index contributed by atoms with van der Waals surface area (Å²) < 4.78 is 10.8. The molecule has 122 valence electrons. The Kier molecular flexibility index (Phi) is 4.84. The summed E-state index contributed by atoms with van der Waals surface area (Å²) in [6.45, 7) is 0.897. The molecular formula is C19H23NO3. The number of hydrogen-bond acceptors (Lipinski definition) is 4. The van der Waals surface area contributed by atoms with Crippen LogP contribution in [0.15, 0.2) is 42.5 Å². The Morgan fingerprint density at radius 1 is 1.13 bits per heavy atom. The average molecular weight is 313 g/mol. The van der Waals surface area contributed by atoms with Crippen molar-refractivity contribution in [3.8, 4) is 11.5 Å². The lowest BCUT2D eigenvalue weighted by atomic mass is 9.89. The van der Waals surface area contributed by atoms with Crippen LogP contribution in [0.5, 0.6) is 11.5 Å². The van der Waals surface area contributed by atoms with Gasteiger partial charge in [0.1, 0.15) is 0 Å². The van der Waals surface area contributed by atoms with Gasteiger partial charge in [-0.3, -0.25) is 0 Å². The maximum absolute atomic E-state index is 10.5. The maximum atomic E-state index is 10.5. The highest BCUT2D eigenvalue weighted by molar-refractivity contribution is 5.49. The van der Waals surface area contributed by atoms with E-state index in [1.807, 2.05) is 36.4 Å². The zero-order valence-electron chi connectivity index (χ0n) is 13.6. The van der Waals surface area contributed by atoms with Gasteiger partial charge in [-0.25, -0.2) is 0 Å². The molecule has 0 unspecified atom stereocenters. The summed E-state index contributed by atoms with van der Waals surface area (Å²) in [5.74, 6) is 1.49. The van der Waals surface area contributed by atoms with E-state index in [0.717, 1.165) is 30.0 Å². The van der Waals surface area contributed by atoms with Crippen molar-refractivity contribution in [3.63, 3.8) is 0 Å². The molecule has 1 aliphatic rings. The van der Waals surface area contributed by atoms with Crippen molar-refractivity contribution in [2.24, 2.45) is 0 Å². The van der Waals surface area contributed by atoms with E-state index in [4.69, 9.17) is 9.47 Å². The van der Waals surface area contributed by atoms with Gasteiger partial charge in [0, 0.05) is 6.04 Å². The van der Waals surface area contributed by atoms with Crippen LogP contribution in [0.3, 0.4) is 0 Å². The fraction of sp³-hybridized carbons (Fsp3) is 0.368. The largest absolute Gasteiger partial charge is 0.493 e. The third kappa shape index (κ3) is 3.33. The Balaban J connectivity index is 1.86. The predicted octanol–water partition coefficient (Wildman–Crippen LogP) is 3.01.